The van der Waals surface area contributed by atoms with Crippen LogP contribution in [0.4, 0.5) is 5.69 Å². The van der Waals surface area contributed by atoms with Crippen molar-refractivity contribution in [2.45, 2.75) is 26.2 Å². The van der Waals surface area contributed by atoms with Gasteiger partial charge in [-0.25, -0.2) is 4.98 Å². The molecule has 0 aliphatic rings. The molecule has 0 atom stereocenters. The van der Waals surface area contributed by atoms with Crippen molar-refractivity contribution in [3.63, 3.8) is 0 Å². The summed E-state index contributed by atoms with van der Waals surface area (Å²) in [6, 6.07) is 19.4. The minimum absolute atomic E-state index is 0.109. The maximum atomic E-state index is 9.96. The second kappa shape index (κ2) is 7.63. The molecule has 0 spiro atoms. The Morgan fingerprint density at radius 3 is 2.48 bits per heavy atom. The van der Waals surface area contributed by atoms with Crippen molar-refractivity contribution < 1.29 is 9.52 Å². The van der Waals surface area contributed by atoms with Crippen LogP contribution < -0.4 is 0 Å². The average Bonchev–Trinajstić information content (AvgIpc) is 3.11. The van der Waals surface area contributed by atoms with Crippen molar-refractivity contribution in [3.8, 4) is 17.2 Å². The minimum atomic E-state index is 0.109. The lowest BCUT2D eigenvalue weighted by Crippen LogP contribution is -2.10. The molecule has 0 fully saturated rings. The van der Waals surface area contributed by atoms with Crippen LogP contribution in [0.2, 0.25) is 0 Å². The fourth-order valence-corrected chi connectivity index (χ4v) is 3.52. The Balaban J connectivity index is 1.62. The normalized spacial score (nSPS) is 12.1. The van der Waals surface area contributed by atoms with Crippen molar-refractivity contribution in [2.75, 3.05) is 0 Å². The Labute approximate surface area is 183 Å². The minimum Gasteiger partial charge on any atom is -0.507 e. The summed E-state index contributed by atoms with van der Waals surface area (Å²) in [7, 11) is 0. The number of hydrogen-bond acceptors (Lipinski definition) is 4. The number of fused-ring (bicyclic) bond motifs is 1. The highest BCUT2D eigenvalue weighted by Crippen LogP contribution is 2.29. The molecule has 0 saturated carbocycles. The highest BCUT2D eigenvalue weighted by molar-refractivity contribution is 14.1. The van der Waals surface area contributed by atoms with Crippen LogP contribution in [0.5, 0.6) is 5.75 Å². The van der Waals surface area contributed by atoms with Crippen molar-refractivity contribution in [1.82, 2.24) is 4.98 Å². The van der Waals surface area contributed by atoms with Gasteiger partial charge in [0.2, 0.25) is 5.89 Å². The van der Waals surface area contributed by atoms with Crippen LogP contribution in [0.3, 0.4) is 0 Å². The lowest BCUT2D eigenvalue weighted by molar-refractivity contribution is 0.474. The standard InChI is InChI=1S/C24H21IN2O2/c1-24(2,3)17-6-4-15(5-7-17)23-27-20-13-19(9-11-22(20)29-23)26-14-16-12-18(25)8-10-21(16)28/h4-14,28H,1-3H3. The Morgan fingerprint density at radius 1 is 1.00 bits per heavy atom. The number of aromatic nitrogens is 1. The molecule has 1 aromatic heterocycles. The molecule has 0 aliphatic heterocycles. The monoisotopic (exact) mass is 496 g/mol. The molecule has 29 heavy (non-hydrogen) atoms. The molecule has 5 heteroatoms. The molecular weight excluding hydrogens is 475 g/mol. The molecule has 4 rings (SSSR count). The van der Waals surface area contributed by atoms with Gasteiger partial charge in [0, 0.05) is 20.9 Å². The zero-order chi connectivity index (χ0) is 20.6. The zero-order valence-electron chi connectivity index (χ0n) is 16.5. The topological polar surface area (TPSA) is 58.6 Å². The predicted octanol–water partition coefficient (Wildman–Crippen LogP) is 6.85. The second-order valence-corrected chi connectivity index (χ2v) is 9.21. The van der Waals surface area contributed by atoms with E-state index in [4.69, 9.17) is 4.42 Å². The summed E-state index contributed by atoms with van der Waals surface area (Å²) >= 11 is 2.21. The van der Waals surface area contributed by atoms with E-state index in [9.17, 15) is 5.11 Å². The molecule has 3 aromatic carbocycles. The number of aliphatic imine (C=N–C) groups is 1. The average molecular weight is 496 g/mol. The van der Waals surface area contributed by atoms with Gasteiger partial charge in [-0.3, -0.25) is 4.99 Å². The number of oxazole rings is 1. The lowest BCUT2D eigenvalue weighted by atomic mass is 9.87. The van der Waals surface area contributed by atoms with Crippen LogP contribution in [0.25, 0.3) is 22.6 Å². The second-order valence-electron chi connectivity index (χ2n) is 7.96. The van der Waals surface area contributed by atoms with Crippen molar-refractivity contribution >= 4 is 45.6 Å². The van der Waals surface area contributed by atoms with Crippen LogP contribution in [-0.2, 0) is 5.41 Å². The Kier molecular flexibility index (Phi) is 5.17. The van der Waals surface area contributed by atoms with Gasteiger partial charge in [-0.2, -0.15) is 0 Å². The third-order valence-electron chi connectivity index (χ3n) is 4.71. The molecule has 0 bridgehead atoms. The molecule has 0 saturated heterocycles. The summed E-state index contributed by atoms with van der Waals surface area (Å²) < 4.78 is 6.97. The van der Waals surface area contributed by atoms with E-state index in [1.54, 1.807) is 12.3 Å². The van der Waals surface area contributed by atoms with E-state index in [1.807, 2.05) is 42.5 Å². The maximum absolute atomic E-state index is 9.96. The molecular formula is C24H21IN2O2. The first-order chi connectivity index (χ1) is 13.8. The van der Waals surface area contributed by atoms with E-state index in [-0.39, 0.29) is 11.2 Å². The van der Waals surface area contributed by atoms with Crippen LogP contribution in [0, 0.1) is 3.57 Å². The first-order valence-electron chi connectivity index (χ1n) is 9.34. The summed E-state index contributed by atoms with van der Waals surface area (Å²) in [6.45, 7) is 6.58. The number of rotatable bonds is 3. The SMILES string of the molecule is CC(C)(C)c1ccc(-c2nc3cc(N=Cc4cc(I)ccc4O)ccc3o2)cc1. The van der Waals surface area contributed by atoms with Crippen LogP contribution in [0.15, 0.2) is 70.1 Å². The summed E-state index contributed by atoms with van der Waals surface area (Å²) in [5.41, 5.74) is 5.22. The van der Waals surface area contributed by atoms with Gasteiger partial charge in [0.1, 0.15) is 11.3 Å². The van der Waals surface area contributed by atoms with Gasteiger partial charge in [0.05, 0.1) is 5.69 Å². The van der Waals surface area contributed by atoms with Crippen LogP contribution in [-0.4, -0.2) is 16.3 Å². The number of nitrogens with zero attached hydrogens (tertiary/aromatic N) is 2. The Morgan fingerprint density at radius 2 is 1.76 bits per heavy atom. The van der Waals surface area contributed by atoms with Gasteiger partial charge >= 0.3 is 0 Å². The number of halogens is 1. The van der Waals surface area contributed by atoms with Crippen LogP contribution >= 0.6 is 22.6 Å². The summed E-state index contributed by atoms with van der Waals surface area (Å²) in [6.07, 6.45) is 1.66. The Bertz CT molecular complexity index is 1200. The van der Waals surface area contributed by atoms with E-state index in [0.717, 1.165) is 25.9 Å². The third-order valence-corrected chi connectivity index (χ3v) is 5.38. The first kappa shape index (κ1) is 19.6. The fourth-order valence-electron chi connectivity index (χ4n) is 3.01. The number of phenolic OH excluding ortho intramolecular Hbond substituents is 1. The van der Waals surface area contributed by atoms with E-state index < -0.39 is 0 Å². The smallest absolute Gasteiger partial charge is 0.227 e. The zero-order valence-corrected chi connectivity index (χ0v) is 18.6. The number of phenols is 1. The van der Waals surface area contributed by atoms with E-state index >= 15 is 0 Å². The fraction of sp³-hybridized carbons (Fsp3) is 0.167. The van der Waals surface area contributed by atoms with Gasteiger partial charge in [0.15, 0.2) is 5.58 Å². The largest absolute Gasteiger partial charge is 0.507 e. The summed E-state index contributed by atoms with van der Waals surface area (Å²) in [4.78, 5) is 9.11. The van der Waals surface area contributed by atoms with Gasteiger partial charge in [-0.15, -0.1) is 0 Å². The third kappa shape index (κ3) is 4.34. The molecule has 0 radical (unpaired) electrons. The number of aromatic hydroxyl groups is 1. The molecule has 1 heterocycles. The van der Waals surface area contributed by atoms with E-state index in [2.05, 4.69) is 65.5 Å². The first-order valence-corrected chi connectivity index (χ1v) is 10.4. The number of benzene rings is 3. The lowest BCUT2D eigenvalue weighted by Gasteiger charge is -2.18. The summed E-state index contributed by atoms with van der Waals surface area (Å²) in [5.74, 6) is 0.800. The quantitative estimate of drug-likeness (QED) is 0.249. The highest BCUT2D eigenvalue weighted by atomic mass is 127. The van der Waals surface area contributed by atoms with Gasteiger partial charge in [0.25, 0.3) is 0 Å². The van der Waals surface area contributed by atoms with Crippen molar-refractivity contribution in [3.05, 3.63) is 75.4 Å². The summed E-state index contributed by atoms with van der Waals surface area (Å²) in [5, 5.41) is 9.96. The van der Waals surface area contributed by atoms with Gasteiger partial charge in [-0.1, -0.05) is 32.9 Å². The van der Waals surface area contributed by atoms with E-state index in [0.29, 0.717) is 11.5 Å². The van der Waals surface area contributed by atoms with Crippen molar-refractivity contribution in [1.29, 1.82) is 0 Å². The van der Waals surface area contributed by atoms with Crippen LogP contribution in [0.1, 0.15) is 31.9 Å². The Hall–Kier alpha value is -2.67. The van der Waals surface area contributed by atoms with Crippen molar-refractivity contribution in [2.24, 2.45) is 4.99 Å². The molecule has 146 valence electrons. The molecule has 4 aromatic rings. The number of hydrogen-bond donors (Lipinski definition) is 1. The van der Waals surface area contributed by atoms with Gasteiger partial charge in [-0.05, 0) is 82.1 Å². The molecule has 0 aliphatic carbocycles. The molecule has 1 N–H and O–H groups in total. The highest BCUT2D eigenvalue weighted by Gasteiger charge is 2.14. The van der Waals surface area contributed by atoms with E-state index in [1.165, 1.54) is 5.56 Å². The molecule has 0 unspecified atom stereocenters. The molecule has 0 amide bonds. The maximum Gasteiger partial charge on any atom is 0.227 e. The predicted molar refractivity (Wildman–Crippen MR) is 126 cm³/mol. The van der Waals surface area contributed by atoms with Gasteiger partial charge < -0.3 is 9.52 Å². The molecule has 4 nitrogen and oxygen atoms in total.